The molecule has 0 aliphatic carbocycles. The predicted octanol–water partition coefficient (Wildman–Crippen LogP) is 19.6. The van der Waals surface area contributed by atoms with Gasteiger partial charge in [-0.2, -0.15) is 10.5 Å². The Hall–Kier alpha value is -12.2. The molecule has 8 heteroatoms. The smallest absolute Gasteiger partial charge is 0.0991 e. The zero-order valence-corrected chi connectivity index (χ0v) is 46.6. The molecule has 6 heterocycles. The monoisotopic (exact) mass is 1110 g/mol. The normalized spacial score (nSPS) is 11.9. The molecule has 0 N–H and O–H groups in total. The fraction of sp³-hybridized carbons (Fsp3) is 0. The second-order valence-electron chi connectivity index (χ2n) is 22.4. The van der Waals surface area contributed by atoms with E-state index < -0.39 is 0 Å². The lowest BCUT2D eigenvalue weighted by Crippen LogP contribution is -2.16. The van der Waals surface area contributed by atoms with Crippen molar-refractivity contribution in [2.24, 2.45) is 0 Å². The third-order valence-corrected chi connectivity index (χ3v) is 18.0. The van der Waals surface area contributed by atoms with Gasteiger partial charge >= 0.3 is 0 Å². The van der Waals surface area contributed by atoms with Gasteiger partial charge in [0.05, 0.1) is 112 Å². The van der Waals surface area contributed by atoms with Gasteiger partial charge in [-0.3, -0.25) is 4.98 Å². The Bertz CT molecular complexity index is 5850. The summed E-state index contributed by atoms with van der Waals surface area (Å²) < 4.78 is 12.5. The van der Waals surface area contributed by atoms with Gasteiger partial charge in [0.1, 0.15) is 0 Å². The number of pyridine rings is 1. The molecule has 12 aromatic carbocycles. The maximum atomic E-state index is 10.6. The van der Waals surface area contributed by atoms with Crippen LogP contribution in [-0.4, -0.2) is 27.8 Å². The van der Waals surface area contributed by atoms with Crippen molar-refractivity contribution in [2.75, 3.05) is 0 Å². The van der Waals surface area contributed by atoms with Crippen LogP contribution in [0.2, 0.25) is 0 Å². The van der Waals surface area contributed by atoms with E-state index in [1.54, 1.807) is 0 Å². The molecule has 0 radical (unpaired) electrons. The van der Waals surface area contributed by atoms with Crippen LogP contribution < -0.4 is 0 Å². The summed E-state index contributed by atoms with van der Waals surface area (Å²) >= 11 is 0. The van der Waals surface area contributed by atoms with E-state index in [1.165, 1.54) is 0 Å². The molecule has 0 saturated heterocycles. The van der Waals surface area contributed by atoms with Crippen molar-refractivity contribution >= 4 is 109 Å². The minimum absolute atomic E-state index is 0.550. The lowest BCUT2D eigenvalue weighted by molar-refractivity contribution is 1.03. The minimum Gasteiger partial charge on any atom is -0.308 e. The van der Waals surface area contributed by atoms with Gasteiger partial charge in [-0.1, -0.05) is 176 Å². The predicted molar refractivity (Wildman–Crippen MR) is 356 cm³/mol. The average Bonchev–Trinajstić information content (AvgIpc) is 1.62. The molecule has 0 aliphatic rings. The Morgan fingerprint density at radius 3 is 1.02 bits per heavy atom. The molecule has 18 aromatic rings. The van der Waals surface area contributed by atoms with E-state index >= 15 is 0 Å². The molecule has 0 aliphatic heterocycles. The van der Waals surface area contributed by atoms with Crippen molar-refractivity contribution in [3.8, 4) is 62.8 Å². The van der Waals surface area contributed by atoms with Crippen LogP contribution in [0.5, 0.6) is 0 Å². The zero-order valence-electron chi connectivity index (χ0n) is 46.6. The first kappa shape index (κ1) is 48.3. The van der Waals surface area contributed by atoms with Gasteiger partial charge in [-0.15, -0.1) is 0 Å². The third kappa shape index (κ3) is 6.78. The van der Waals surface area contributed by atoms with Gasteiger partial charge in [0.15, 0.2) is 0 Å². The molecular formula is C79H46N8. The van der Waals surface area contributed by atoms with Crippen LogP contribution in [0.4, 0.5) is 0 Å². The highest BCUT2D eigenvalue weighted by molar-refractivity contribution is 6.27. The number of hydrogen-bond donors (Lipinski definition) is 0. The molecular weight excluding hydrogens is 1060 g/mol. The number of rotatable bonds is 7. The maximum Gasteiger partial charge on any atom is 0.0991 e. The number of benzene rings is 12. The Labute approximate surface area is 497 Å². The van der Waals surface area contributed by atoms with Gasteiger partial charge in [0, 0.05) is 66.1 Å². The van der Waals surface area contributed by atoms with Crippen LogP contribution in [0.3, 0.4) is 0 Å². The van der Waals surface area contributed by atoms with Crippen molar-refractivity contribution in [1.29, 1.82) is 10.5 Å². The second-order valence-corrected chi connectivity index (χ2v) is 22.4. The van der Waals surface area contributed by atoms with Gasteiger partial charge in [0.25, 0.3) is 0 Å². The number of nitriles is 2. The molecule has 18 rings (SSSR count). The van der Waals surface area contributed by atoms with E-state index in [1.807, 2.05) is 36.5 Å². The SMILES string of the molecule is N#Cc1ccc(-c2c(-c3ccc(C#N)cc3)c(-n3c4ccccc4c4ccccc43)c(-n3c4ccccc4c4ccc5c(c6ncccc6n5-c5ccccc5)c43)c(-n3c4ccccc4c4ccccc43)c2-n2c3ccccc3c3ccccc32)cc1. The van der Waals surface area contributed by atoms with Gasteiger partial charge in [-0.25, -0.2) is 0 Å². The second kappa shape index (κ2) is 18.6. The topological polar surface area (TPSA) is 85.1 Å². The highest BCUT2D eigenvalue weighted by atomic mass is 15.1. The van der Waals surface area contributed by atoms with E-state index in [0.29, 0.717) is 11.1 Å². The highest BCUT2D eigenvalue weighted by Gasteiger charge is 2.36. The number of para-hydroxylation sites is 8. The number of hydrogen-bond acceptors (Lipinski definition) is 3. The molecule has 0 saturated carbocycles. The van der Waals surface area contributed by atoms with Crippen LogP contribution in [0.1, 0.15) is 11.1 Å². The molecule has 402 valence electrons. The molecule has 8 nitrogen and oxygen atoms in total. The largest absolute Gasteiger partial charge is 0.308 e. The van der Waals surface area contributed by atoms with Gasteiger partial charge in [0.2, 0.25) is 0 Å². The summed E-state index contributed by atoms with van der Waals surface area (Å²) in [6.07, 6.45) is 1.92. The summed E-state index contributed by atoms with van der Waals surface area (Å²) in [5.74, 6) is 0. The number of fused-ring (bicyclic) bond motifs is 16. The van der Waals surface area contributed by atoms with Gasteiger partial charge < -0.3 is 22.8 Å². The van der Waals surface area contributed by atoms with Crippen molar-refractivity contribution in [2.45, 2.75) is 0 Å². The first-order valence-corrected chi connectivity index (χ1v) is 29.2. The first-order valence-electron chi connectivity index (χ1n) is 29.2. The standard InChI is InChI=1S/C79H46N8/c80-47-49-36-40-51(41-37-49)71-72(52-42-38-50(48-81)39-43-52)77(85-64-30-13-6-23-56(64)57-24-7-14-31-65(57)85)79(87-68-34-17-10-27-60(68)61-44-45-69-73(75(61)87)74-70(35-18-46-82-74)83(69)53-19-2-1-3-20-53)78(86-66-32-15-8-25-58(66)59-26-9-16-33-67(59)86)76(71)84-62-28-11-4-21-54(62)55-22-5-12-29-63(55)84/h1-46H. The summed E-state index contributed by atoms with van der Waals surface area (Å²) in [7, 11) is 0. The van der Waals surface area contributed by atoms with Crippen LogP contribution in [0.15, 0.2) is 279 Å². The van der Waals surface area contributed by atoms with Crippen molar-refractivity contribution in [3.63, 3.8) is 0 Å². The van der Waals surface area contributed by atoms with E-state index in [-0.39, 0.29) is 0 Å². The quantitative estimate of drug-likeness (QED) is 0.159. The van der Waals surface area contributed by atoms with E-state index in [9.17, 15) is 10.5 Å². The summed E-state index contributed by atoms with van der Waals surface area (Å²) in [5, 5.41) is 31.0. The van der Waals surface area contributed by atoms with Crippen molar-refractivity contribution in [1.82, 2.24) is 27.8 Å². The van der Waals surface area contributed by atoms with E-state index in [0.717, 1.165) is 160 Å². The summed E-state index contributed by atoms with van der Waals surface area (Å²) in [5.41, 5.74) is 20.5. The van der Waals surface area contributed by atoms with E-state index in [2.05, 4.69) is 278 Å². The minimum atomic E-state index is 0.550. The molecule has 0 unspecified atom stereocenters. The lowest BCUT2D eigenvalue weighted by Gasteiger charge is -2.31. The molecule has 6 aromatic heterocycles. The lowest BCUT2D eigenvalue weighted by atomic mass is 9.87. The highest BCUT2D eigenvalue weighted by Crippen LogP contribution is 2.55. The summed E-state index contributed by atoms with van der Waals surface area (Å²) in [4.78, 5) is 5.40. The molecule has 0 bridgehead atoms. The average molecular weight is 1110 g/mol. The first-order chi connectivity index (χ1) is 43.2. The molecule has 87 heavy (non-hydrogen) atoms. The molecule has 0 spiro atoms. The Balaban J connectivity index is 1.23. The van der Waals surface area contributed by atoms with Crippen molar-refractivity contribution in [3.05, 3.63) is 290 Å². The van der Waals surface area contributed by atoms with Crippen LogP contribution >= 0.6 is 0 Å². The van der Waals surface area contributed by atoms with E-state index in [4.69, 9.17) is 4.98 Å². The zero-order chi connectivity index (χ0) is 57.4. The number of nitrogens with zero attached hydrogens (tertiary/aromatic N) is 8. The van der Waals surface area contributed by atoms with Gasteiger partial charge in [-0.05, 0) is 108 Å². The number of aromatic nitrogens is 6. The molecule has 0 amide bonds. The molecule has 0 atom stereocenters. The fourth-order valence-corrected chi connectivity index (χ4v) is 14.5. The summed E-state index contributed by atoms with van der Waals surface area (Å²) in [6.45, 7) is 0. The van der Waals surface area contributed by atoms with Crippen LogP contribution in [0, 0.1) is 22.7 Å². The van der Waals surface area contributed by atoms with Crippen molar-refractivity contribution < 1.29 is 0 Å². The van der Waals surface area contributed by atoms with Crippen LogP contribution in [0.25, 0.3) is 160 Å². The fourth-order valence-electron chi connectivity index (χ4n) is 14.5. The Morgan fingerprint density at radius 1 is 0.264 bits per heavy atom. The molecule has 0 fully saturated rings. The Kier molecular flexibility index (Phi) is 10.4. The Morgan fingerprint density at radius 2 is 0.609 bits per heavy atom. The maximum absolute atomic E-state index is 10.6. The third-order valence-electron chi connectivity index (χ3n) is 18.0. The van der Waals surface area contributed by atoms with Crippen LogP contribution in [-0.2, 0) is 0 Å². The summed E-state index contributed by atoms with van der Waals surface area (Å²) in [6, 6.07) is 102.